The Hall–Kier alpha value is -1.38. The van der Waals surface area contributed by atoms with Gasteiger partial charge in [-0.1, -0.05) is 54.9 Å². The van der Waals surface area contributed by atoms with Crippen LogP contribution in [0.3, 0.4) is 0 Å². The second-order valence-corrected chi connectivity index (χ2v) is 5.30. The average Bonchev–Trinajstić information content (AvgIpc) is 2.46. The van der Waals surface area contributed by atoms with Gasteiger partial charge in [0.05, 0.1) is 0 Å². The molecule has 20 heavy (non-hydrogen) atoms. The first-order valence-corrected chi connectivity index (χ1v) is 7.26. The quantitative estimate of drug-likeness (QED) is 0.790. The van der Waals surface area contributed by atoms with Crippen LogP contribution in [0.25, 0.3) is 0 Å². The maximum Gasteiger partial charge on any atom is 0.127 e. The topological polar surface area (TPSA) is 12.0 Å². The minimum absolute atomic E-state index is 0.0255. The minimum Gasteiger partial charge on any atom is -0.303 e. The summed E-state index contributed by atoms with van der Waals surface area (Å²) in [6, 6.07) is 14.7. The molecule has 0 heterocycles. The fourth-order valence-corrected chi connectivity index (χ4v) is 2.70. The van der Waals surface area contributed by atoms with E-state index in [2.05, 4.69) is 5.32 Å². The lowest BCUT2D eigenvalue weighted by Gasteiger charge is -2.24. The van der Waals surface area contributed by atoms with Gasteiger partial charge >= 0.3 is 0 Å². The smallest absolute Gasteiger partial charge is 0.127 e. The van der Waals surface area contributed by atoms with Crippen LogP contribution in [0.5, 0.6) is 0 Å². The van der Waals surface area contributed by atoms with Crippen LogP contribution in [0.15, 0.2) is 48.5 Å². The van der Waals surface area contributed by atoms with Gasteiger partial charge < -0.3 is 5.32 Å². The van der Waals surface area contributed by atoms with Crippen molar-refractivity contribution >= 4 is 11.6 Å². The second kappa shape index (κ2) is 6.87. The van der Waals surface area contributed by atoms with Gasteiger partial charge in [0.25, 0.3) is 0 Å². The second-order valence-electron chi connectivity index (χ2n) is 4.89. The Labute approximate surface area is 124 Å². The average molecular weight is 292 g/mol. The van der Waals surface area contributed by atoms with Crippen molar-refractivity contribution in [2.24, 2.45) is 0 Å². The van der Waals surface area contributed by atoms with Gasteiger partial charge in [0, 0.05) is 22.7 Å². The van der Waals surface area contributed by atoms with Gasteiger partial charge in [0.15, 0.2) is 0 Å². The first-order chi connectivity index (χ1) is 9.63. The van der Waals surface area contributed by atoms with E-state index in [0.717, 1.165) is 17.0 Å². The molecule has 0 aliphatic carbocycles. The predicted molar refractivity (Wildman–Crippen MR) is 82.4 cm³/mol. The molecule has 0 aliphatic heterocycles. The summed E-state index contributed by atoms with van der Waals surface area (Å²) in [7, 11) is 0. The highest BCUT2D eigenvalue weighted by atomic mass is 35.5. The summed E-state index contributed by atoms with van der Waals surface area (Å²) in [6.45, 7) is 4.09. The van der Waals surface area contributed by atoms with Crippen LogP contribution < -0.4 is 5.32 Å². The van der Waals surface area contributed by atoms with Crippen molar-refractivity contribution in [2.75, 3.05) is 0 Å². The van der Waals surface area contributed by atoms with Crippen molar-refractivity contribution in [1.82, 2.24) is 5.32 Å². The van der Waals surface area contributed by atoms with Crippen LogP contribution in [0.2, 0.25) is 5.02 Å². The van der Waals surface area contributed by atoms with Gasteiger partial charge in [-0.15, -0.1) is 0 Å². The number of hydrogen-bond acceptors (Lipinski definition) is 1. The zero-order valence-corrected chi connectivity index (χ0v) is 12.5. The van der Waals surface area contributed by atoms with Crippen molar-refractivity contribution in [3.05, 3.63) is 70.5 Å². The summed E-state index contributed by atoms with van der Waals surface area (Å²) in [5.41, 5.74) is 1.73. The van der Waals surface area contributed by atoms with Crippen LogP contribution in [0, 0.1) is 5.82 Å². The van der Waals surface area contributed by atoms with Gasteiger partial charge in [-0.3, -0.25) is 0 Å². The Morgan fingerprint density at radius 2 is 1.65 bits per heavy atom. The highest BCUT2D eigenvalue weighted by molar-refractivity contribution is 6.31. The van der Waals surface area contributed by atoms with Crippen LogP contribution in [-0.4, -0.2) is 0 Å². The molecule has 1 nitrogen and oxygen atoms in total. The number of nitrogens with one attached hydrogen (secondary N) is 1. The maximum atomic E-state index is 13.9. The molecular weight excluding hydrogens is 273 g/mol. The summed E-state index contributed by atoms with van der Waals surface area (Å²) >= 11 is 6.21. The Morgan fingerprint density at radius 1 is 1.05 bits per heavy atom. The first-order valence-electron chi connectivity index (χ1n) is 6.88. The maximum absolute atomic E-state index is 13.9. The highest BCUT2D eigenvalue weighted by Crippen LogP contribution is 2.27. The van der Waals surface area contributed by atoms with E-state index in [1.165, 1.54) is 6.07 Å². The SMILES string of the molecule is CCC(N[C@@H](C)c1ccccc1Cl)c1ccccc1F. The molecule has 2 atom stereocenters. The molecule has 2 rings (SSSR count). The molecule has 3 heteroatoms. The zero-order chi connectivity index (χ0) is 14.5. The molecule has 0 aliphatic rings. The summed E-state index contributed by atoms with van der Waals surface area (Å²) in [6.07, 6.45) is 0.815. The molecule has 0 amide bonds. The Kier molecular flexibility index (Phi) is 5.16. The van der Waals surface area contributed by atoms with Crippen molar-refractivity contribution in [2.45, 2.75) is 32.4 Å². The molecule has 1 N–H and O–H groups in total. The Morgan fingerprint density at radius 3 is 2.25 bits per heavy atom. The Balaban J connectivity index is 2.19. The van der Waals surface area contributed by atoms with Crippen LogP contribution in [0.1, 0.15) is 43.5 Å². The molecule has 0 fully saturated rings. The van der Waals surface area contributed by atoms with E-state index in [0.29, 0.717) is 5.56 Å². The predicted octanol–water partition coefficient (Wildman–Crippen LogP) is 5.28. The van der Waals surface area contributed by atoms with E-state index in [9.17, 15) is 4.39 Å². The van der Waals surface area contributed by atoms with Crippen molar-refractivity contribution in [3.63, 3.8) is 0 Å². The van der Waals surface area contributed by atoms with Gasteiger partial charge in [-0.05, 0) is 31.0 Å². The molecule has 0 saturated heterocycles. The first kappa shape index (κ1) is 15.0. The monoisotopic (exact) mass is 291 g/mol. The summed E-state index contributed by atoms with van der Waals surface area (Å²) < 4.78 is 13.9. The van der Waals surface area contributed by atoms with Gasteiger partial charge in [-0.25, -0.2) is 4.39 Å². The number of halogens is 2. The normalized spacial score (nSPS) is 14.0. The number of hydrogen-bond donors (Lipinski definition) is 1. The molecule has 0 aromatic heterocycles. The van der Waals surface area contributed by atoms with Crippen LogP contribution >= 0.6 is 11.6 Å². The van der Waals surface area contributed by atoms with Crippen molar-refractivity contribution in [1.29, 1.82) is 0 Å². The third-order valence-corrected chi connectivity index (χ3v) is 3.86. The molecule has 0 saturated carbocycles. The lowest BCUT2D eigenvalue weighted by molar-refractivity contribution is 0.439. The standard InChI is InChI=1S/C17H19ClFN/c1-3-17(14-9-5-7-11-16(14)19)20-12(2)13-8-4-6-10-15(13)18/h4-12,17,20H,3H2,1-2H3/t12-,17?/m0/s1. The molecule has 1 unspecified atom stereocenters. The lowest BCUT2D eigenvalue weighted by atomic mass is 10.0. The van der Waals surface area contributed by atoms with Crippen molar-refractivity contribution in [3.8, 4) is 0 Å². The molecule has 0 spiro atoms. The van der Waals surface area contributed by atoms with E-state index in [1.807, 2.05) is 50.2 Å². The molecule has 0 bridgehead atoms. The summed E-state index contributed by atoms with van der Waals surface area (Å²) in [5, 5.41) is 4.19. The third kappa shape index (κ3) is 3.38. The summed E-state index contributed by atoms with van der Waals surface area (Å²) in [4.78, 5) is 0. The van der Waals surface area contributed by atoms with Gasteiger partial charge in [0.2, 0.25) is 0 Å². The molecule has 2 aromatic rings. The van der Waals surface area contributed by atoms with Crippen LogP contribution in [0.4, 0.5) is 4.39 Å². The van der Waals surface area contributed by atoms with Gasteiger partial charge in [0.1, 0.15) is 5.82 Å². The van der Waals surface area contributed by atoms with E-state index < -0.39 is 0 Å². The lowest BCUT2D eigenvalue weighted by Crippen LogP contribution is -2.25. The van der Waals surface area contributed by atoms with E-state index in [1.54, 1.807) is 6.07 Å². The summed E-state index contributed by atoms with van der Waals surface area (Å²) in [5.74, 6) is -0.168. The largest absolute Gasteiger partial charge is 0.303 e. The molecule has 106 valence electrons. The van der Waals surface area contributed by atoms with E-state index in [4.69, 9.17) is 11.6 Å². The van der Waals surface area contributed by atoms with Gasteiger partial charge in [-0.2, -0.15) is 0 Å². The van der Waals surface area contributed by atoms with E-state index >= 15 is 0 Å². The van der Waals surface area contributed by atoms with Crippen molar-refractivity contribution < 1.29 is 4.39 Å². The minimum atomic E-state index is -0.168. The fourth-order valence-electron chi connectivity index (χ4n) is 2.40. The molecule has 2 aromatic carbocycles. The highest BCUT2D eigenvalue weighted by Gasteiger charge is 2.17. The number of rotatable bonds is 5. The molecule has 0 radical (unpaired) electrons. The van der Waals surface area contributed by atoms with E-state index in [-0.39, 0.29) is 17.9 Å². The fraction of sp³-hybridized carbons (Fsp3) is 0.294. The third-order valence-electron chi connectivity index (χ3n) is 3.51. The van der Waals surface area contributed by atoms with Crippen LogP contribution in [-0.2, 0) is 0 Å². The Bertz CT molecular complexity index is 570. The molecular formula is C17H19ClFN. The number of benzene rings is 2. The zero-order valence-electron chi connectivity index (χ0n) is 11.7.